The molecule has 0 aliphatic rings. The highest BCUT2D eigenvalue weighted by Crippen LogP contribution is 2.18. The van der Waals surface area contributed by atoms with Crippen molar-refractivity contribution >= 4 is 8.56 Å². The maximum Gasteiger partial charge on any atom is 0.338 e. The van der Waals surface area contributed by atoms with Gasteiger partial charge in [0.15, 0.2) is 0 Å². The standard InChI is InChI=1S/C8H21NO4Si/c1-7(10)12-14(3,6-4-5-9)13-8(2)11/h7-8,10-11H,4-6,9H2,1-3H3. The number of hydrogen-bond acceptors (Lipinski definition) is 5. The Bertz CT molecular complexity index is 144. The minimum Gasteiger partial charge on any atom is -0.369 e. The summed E-state index contributed by atoms with van der Waals surface area (Å²) in [7, 11) is -2.48. The van der Waals surface area contributed by atoms with Gasteiger partial charge in [0, 0.05) is 0 Å². The maximum absolute atomic E-state index is 9.12. The Balaban J connectivity index is 4.17. The van der Waals surface area contributed by atoms with Gasteiger partial charge in [-0.2, -0.15) is 0 Å². The Hall–Kier alpha value is 0.0169. The summed E-state index contributed by atoms with van der Waals surface area (Å²) in [6.45, 7) is 5.41. The van der Waals surface area contributed by atoms with Crippen molar-refractivity contribution in [2.45, 2.75) is 45.4 Å². The second kappa shape index (κ2) is 6.49. The highest BCUT2D eigenvalue weighted by Gasteiger charge is 2.34. The fourth-order valence-corrected chi connectivity index (χ4v) is 3.87. The first kappa shape index (κ1) is 14.0. The van der Waals surface area contributed by atoms with Gasteiger partial charge < -0.3 is 24.8 Å². The minimum absolute atomic E-state index is 0.551. The molecule has 2 unspecified atom stereocenters. The fourth-order valence-electron chi connectivity index (χ4n) is 1.29. The molecule has 0 radical (unpaired) electrons. The number of aliphatic hydroxyl groups excluding tert-OH is 2. The summed E-state index contributed by atoms with van der Waals surface area (Å²) in [5.41, 5.74) is 5.38. The maximum atomic E-state index is 9.12. The van der Waals surface area contributed by atoms with E-state index in [1.165, 1.54) is 13.8 Å². The molecule has 2 atom stereocenters. The summed E-state index contributed by atoms with van der Waals surface area (Å²) in [6.07, 6.45) is -0.978. The molecule has 0 bridgehead atoms. The first-order valence-corrected chi connectivity index (χ1v) is 7.34. The van der Waals surface area contributed by atoms with E-state index in [1.54, 1.807) is 0 Å². The molecule has 0 rings (SSSR count). The van der Waals surface area contributed by atoms with Gasteiger partial charge in [-0.15, -0.1) is 0 Å². The van der Waals surface area contributed by atoms with Gasteiger partial charge in [-0.1, -0.05) is 0 Å². The van der Waals surface area contributed by atoms with Crippen molar-refractivity contribution in [1.29, 1.82) is 0 Å². The Labute approximate surface area is 86.1 Å². The highest BCUT2D eigenvalue weighted by atomic mass is 28.4. The highest BCUT2D eigenvalue weighted by molar-refractivity contribution is 6.66. The normalized spacial score (nSPS) is 20.1. The molecule has 0 fully saturated rings. The van der Waals surface area contributed by atoms with E-state index in [0.29, 0.717) is 12.6 Å². The number of nitrogens with two attached hydrogens (primary N) is 1. The molecule has 5 nitrogen and oxygen atoms in total. The summed E-state index contributed by atoms with van der Waals surface area (Å²) in [4.78, 5) is 0. The van der Waals surface area contributed by atoms with Crippen LogP contribution in [0.5, 0.6) is 0 Å². The van der Waals surface area contributed by atoms with Crippen molar-refractivity contribution in [3.63, 3.8) is 0 Å². The zero-order chi connectivity index (χ0) is 11.2. The van der Waals surface area contributed by atoms with Crippen LogP contribution in [0.3, 0.4) is 0 Å². The SMILES string of the molecule is CC(O)O[Si](C)(CCCN)OC(C)O. The molecule has 86 valence electrons. The largest absolute Gasteiger partial charge is 0.369 e. The van der Waals surface area contributed by atoms with Crippen LogP contribution >= 0.6 is 0 Å². The van der Waals surface area contributed by atoms with Crippen molar-refractivity contribution < 1.29 is 19.1 Å². The van der Waals surface area contributed by atoms with E-state index >= 15 is 0 Å². The van der Waals surface area contributed by atoms with E-state index < -0.39 is 21.1 Å². The zero-order valence-electron chi connectivity index (χ0n) is 9.06. The monoisotopic (exact) mass is 223 g/mol. The molecular formula is C8H21NO4Si. The van der Waals surface area contributed by atoms with Crippen molar-refractivity contribution in [2.24, 2.45) is 5.73 Å². The predicted octanol–water partition coefficient (Wildman–Crippen LogP) is 0.117. The molecule has 0 saturated carbocycles. The van der Waals surface area contributed by atoms with Crippen molar-refractivity contribution in [3.8, 4) is 0 Å². The Morgan fingerprint density at radius 2 is 1.64 bits per heavy atom. The van der Waals surface area contributed by atoms with Gasteiger partial charge in [0.2, 0.25) is 0 Å². The van der Waals surface area contributed by atoms with Crippen LogP contribution in [0.25, 0.3) is 0 Å². The van der Waals surface area contributed by atoms with E-state index in [0.717, 1.165) is 6.42 Å². The van der Waals surface area contributed by atoms with E-state index in [-0.39, 0.29) is 0 Å². The molecule has 0 spiro atoms. The third kappa shape index (κ3) is 6.47. The zero-order valence-corrected chi connectivity index (χ0v) is 10.1. The lowest BCUT2D eigenvalue weighted by molar-refractivity contribution is -0.0743. The molecule has 4 N–H and O–H groups in total. The second-order valence-corrected chi connectivity index (χ2v) is 6.70. The quantitative estimate of drug-likeness (QED) is 0.421. The fraction of sp³-hybridized carbons (Fsp3) is 1.00. The molecule has 0 aromatic heterocycles. The lowest BCUT2D eigenvalue weighted by Crippen LogP contribution is -2.44. The minimum atomic E-state index is -2.48. The number of aliphatic hydroxyl groups is 2. The second-order valence-electron chi connectivity index (χ2n) is 3.46. The average Bonchev–Trinajstić information content (AvgIpc) is 1.97. The molecule has 0 aliphatic heterocycles. The lowest BCUT2D eigenvalue weighted by Gasteiger charge is -2.29. The number of hydrogen-bond donors (Lipinski definition) is 3. The molecule has 0 aromatic carbocycles. The van der Waals surface area contributed by atoms with Crippen molar-refractivity contribution in [1.82, 2.24) is 0 Å². The molecule has 0 saturated heterocycles. The van der Waals surface area contributed by atoms with Crippen LogP contribution in [-0.2, 0) is 8.85 Å². The molecule has 14 heavy (non-hydrogen) atoms. The Kier molecular flexibility index (Phi) is 6.50. The summed E-state index contributed by atoms with van der Waals surface area (Å²) in [5.74, 6) is 0. The molecule has 0 amide bonds. The van der Waals surface area contributed by atoms with Gasteiger partial charge in [0.1, 0.15) is 12.6 Å². The van der Waals surface area contributed by atoms with Crippen LogP contribution in [0.2, 0.25) is 12.6 Å². The first-order valence-electron chi connectivity index (χ1n) is 4.81. The lowest BCUT2D eigenvalue weighted by atomic mass is 10.5. The molecule has 0 heterocycles. The third-order valence-electron chi connectivity index (χ3n) is 1.67. The molecule has 6 heteroatoms. The Morgan fingerprint density at radius 1 is 1.21 bits per heavy atom. The van der Waals surface area contributed by atoms with Crippen LogP contribution < -0.4 is 5.73 Å². The predicted molar refractivity (Wildman–Crippen MR) is 55.6 cm³/mol. The summed E-state index contributed by atoms with van der Waals surface area (Å²) >= 11 is 0. The van der Waals surface area contributed by atoms with Crippen LogP contribution in [0, 0.1) is 0 Å². The van der Waals surface area contributed by atoms with E-state index in [2.05, 4.69) is 0 Å². The van der Waals surface area contributed by atoms with Crippen molar-refractivity contribution in [2.75, 3.05) is 6.54 Å². The first-order chi connectivity index (χ1) is 6.39. The van der Waals surface area contributed by atoms with Crippen LogP contribution in [0.15, 0.2) is 0 Å². The summed E-state index contributed by atoms with van der Waals surface area (Å²) in [5, 5.41) is 18.2. The van der Waals surface area contributed by atoms with E-state index in [4.69, 9.17) is 24.8 Å². The van der Waals surface area contributed by atoms with Crippen LogP contribution in [0.1, 0.15) is 20.3 Å². The third-order valence-corrected chi connectivity index (χ3v) is 4.62. The van der Waals surface area contributed by atoms with Gasteiger partial charge in [0.05, 0.1) is 0 Å². The average molecular weight is 223 g/mol. The smallest absolute Gasteiger partial charge is 0.338 e. The van der Waals surface area contributed by atoms with Gasteiger partial charge >= 0.3 is 8.56 Å². The van der Waals surface area contributed by atoms with Gasteiger partial charge in [0.25, 0.3) is 0 Å². The molecular weight excluding hydrogens is 202 g/mol. The summed E-state index contributed by atoms with van der Waals surface area (Å²) in [6, 6.07) is 0.666. The van der Waals surface area contributed by atoms with Crippen LogP contribution in [-0.4, -0.2) is 37.9 Å². The molecule has 0 aliphatic carbocycles. The van der Waals surface area contributed by atoms with Gasteiger partial charge in [-0.3, -0.25) is 0 Å². The van der Waals surface area contributed by atoms with Gasteiger partial charge in [-0.05, 0) is 39.4 Å². The number of rotatable bonds is 7. The van der Waals surface area contributed by atoms with Crippen molar-refractivity contribution in [3.05, 3.63) is 0 Å². The topological polar surface area (TPSA) is 84.9 Å². The Morgan fingerprint density at radius 3 is 1.93 bits per heavy atom. The van der Waals surface area contributed by atoms with E-state index in [9.17, 15) is 0 Å². The molecule has 0 aromatic rings. The van der Waals surface area contributed by atoms with Gasteiger partial charge in [-0.25, -0.2) is 0 Å². The van der Waals surface area contributed by atoms with E-state index in [1.807, 2.05) is 6.55 Å². The van der Waals surface area contributed by atoms with Crippen LogP contribution in [0.4, 0.5) is 0 Å². The summed E-state index contributed by atoms with van der Waals surface area (Å²) < 4.78 is 10.6.